The van der Waals surface area contributed by atoms with Crippen molar-refractivity contribution in [3.05, 3.63) is 29.8 Å². The lowest BCUT2D eigenvalue weighted by molar-refractivity contribution is 0.0976. The summed E-state index contributed by atoms with van der Waals surface area (Å²) in [5.74, 6) is 0.590. The molecule has 0 fully saturated rings. The van der Waals surface area contributed by atoms with Gasteiger partial charge in [-0.25, -0.2) is 0 Å². The van der Waals surface area contributed by atoms with Crippen molar-refractivity contribution in [3.63, 3.8) is 0 Å². The summed E-state index contributed by atoms with van der Waals surface area (Å²) in [7, 11) is 0. The second kappa shape index (κ2) is 20.0. The monoisotopic (exact) mass is 462 g/mol. The molecule has 4 nitrogen and oxygen atoms in total. The second-order valence-corrected chi connectivity index (χ2v) is 9.09. The third kappa shape index (κ3) is 15.2. The fourth-order valence-electron chi connectivity index (χ4n) is 3.66. The topological polar surface area (TPSA) is 50.4 Å². The third-order valence-corrected chi connectivity index (χ3v) is 5.88. The quantitative estimate of drug-likeness (QED) is 0.164. The third-order valence-electron chi connectivity index (χ3n) is 5.63. The van der Waals surface area contributed by atoms with Gasteiger partial charge in [0.2, 0.25) is 0 Å². The predicted octanol–water partition coefficient (Wildman–Crippen LogP) is 7.56. The van der Waals surface area contributed by atoms with Crippen molar-refractivity contribution in [2.75, 3.05) is 13.2 Å². The van der Waals surface area contributed by atoms with E-state index in [2.05, 4.69) is 24.5 Å². The smallest absolute Gasteiger partial charge is 0.257 e. The Morgan fingerprint density at radius 2 is 1.25 bits per heavy atom. The molecule has 0 aromatic heterocycles. The summed E-state index contributed by atoms with van der Waals surface area (Å²) < 4.78 is 5.54. The number of unbranched alkanes of at least 4 members (excludes halogenated alkanes) is 13. The van der Waals surface area contributed by atoms with Crippen molar-refractivity contribution in [1.82, 2.24) is 10.6 Å². The van der Waals surface area contributed by atoms with Gasteiger partial charge in [-0.05, 0) is 49.3 Å². The maximum Gasteiger partial charge on any atom is 0.257 e. The van der Waals surface area contributed by atoms with Crippen LogP contribution in [0.1, 0.15) is 121 Å². The maximum absolute atomic E-state index is 12.3. The molecule has 182 valence electrons. The van der Waals surface area contributed by atoms with Crippen LogP contribution in [0.15, 0.2) is 24.3 Å². The Bertz CT molecular complexity index is 604. The van der Waals surface area contributed by atoms with Crippen molar-refractivity contribution in [3.8, 4) is 5.75 Å². The molecule has 0 radical (unpaired) electrons. The highest BCUT2D eigenvalue weighted by atomic mass is 32.1. The minimum Gasteiger partial charge on any atom is -0.494 e. The zero-order valence-corrected chi connectivity index (χ0v) is 21.4. The molecule has 0 spiro atoms. The number of benzene rings is 1. The second-order valence-electron chi connectivity index (χ2n) is 8.68. The number of ether oxygens (including phenoxy) is 1. The predicted molar refractivity (Wildman–Crippen MR) is 141 cm³/mol. The summed E-state index contributed by atoms with van der Waals surface area (Å²) >= 11 is 5.25. The van der Waals surface area contributed by atoms with Crippen molar-refractivity contribution in [2.24, 2.45) is 0 Å². The molecule has 0 aliphatic heterocycles. The first-order valence-electron chi connectivity index (χ1n) is 13.0. The van der Waals surface area contributed by atoms with Crippen LogP contribution in [-0.2, 0) is 0 Å². The Morgan fingerprint density at radius 3 is 1.75 bits per heavy atom. The van der Waals surface area contributed by atoms with Crippen LogP contribution in [0.3, 0.4) is 0 Å². The van der Waals surface area contributed by atoms with Gasteiger partial charge in [-0.1, -0.05) is 97.3 Å². The summed E-state index contributed by atoms with van der Waals surface area (Å²) in [5, 5.41) is 6.29. The average Bonchev–Trinajstić information content (AvgIpc) is 2.80. The minimum atomic E-state index is -0.189. The molecule has 5 heteroatoms. The van der Waals surface area contributed by atoms with Crippen LogP contribution in [0.2, 0.25) is 0 Å². The number of thiocarbonyl (C=S) groups is 1. The van der Waals surface area contributed by atoms with Gasteiger partial charge < -0.3 is 10.1 Å². The number of rotatable bonds is 19. The lowest BCUT2D eigenvalue weighted by Crippen LogP contribution is -2.39. The number of amides is 1. The average molecular weight is 463 g/mol. The largest absolute Gasteiger partial charge is 0.494 e. The summed E-state index contributed by atoms with van der Waals surface area (Å²) in [5.41, 5.74) is 0.578. The highest BCUT2D eigenvalue weighted by Crippen LogP contribution is 2.13. The van der Waals surface area contributed by atoms with Gasteiger partial charge in [0.15, 0.2) is 5.11 Å². The Labute approximate surface area is 202 Å². The van der Waals surface area contributed by atoms with Crippen molar-refractivity contribution in [1.29, 1.82) is 0 Å². The lowest BCUT2D eigenvalue weighted by Gasteiger charge is -2.10. The minimum absolute atomic E-state index is 0.189. The van der Waals surface area contributed by atoms with Gasteiger partial charge in [0.25, 0.3) is 5.91 Å². The highest BCUT2D eigenvalue weighted by molar-refractivity contribution is 7.80. The summed E-state index contributed by atoms with van der Waals surface area (Å²) in [4.78, 5) is 12.3. The molecule has 2 N–H and O–H groups in total. The van der Waals surface area contributed by atoms with E-state index in [4.69, 9.17) is 17.0 Å². The molecule has 32 heavy (non-hydrogen) atoms. The van der Waals surface area contributed by atoms with E-state index >= 15 is 0 Å². The van der Waals surface area contributed by atoms with E-state index in [0.29, 0.717) is 17.3 Å². The Morgan fingerprint density at radius 1 is 0.750 bits per heavy atom. The van der Waals surface area contributed by atoms with Gasteiger partial charge in [0.05, 0.1) is 6.61 Å². The first kappa shape index (κ1) is 28.4. The molecule has 1 amide bonds. The number of carbonyl (C=O) groups excluding carboxylic acids is 1. The first-order valence-corrected chi connectivity index (χ1v) is 13.4. The fraction of sp³-hybridized carbons (Fsp3) is 0.704. The number of nitrogens with one attached hydrogen (secondary N) is 2. The standard InChI is InChI=1S/C27H46N2O2S/c1-3-5-6-7-8-9-10-11-12-13-14-15-16-17-22-28-27(32)29-26(30)24-18-20-25(21-19-24)31-23-4-2/h18-21H,3-17,22-23H2,1-2H3,(H2,28,29,30,32). The normalized spacial score (nSPS) is 10.7. The molecular weight excluding hydrogens is 416 g/mol. The summed E-state index contributed by atoms with van der Waals surface area (Å²) in [6.45, 7) is 5.83. The molecule has 1 aromatic rings. The SMILES string of the molecule is CCCCCCCCCCCCCCCCNC(=S)NC(=O)c1ccc(OCCC)cc1. The molecule has 0 unspecified atom stereocenters. The van der Waals surface area contributed by atoms with Crippen LogP contribution in [0.5, 0.6) is 5.75 Å². The van der Waals surface area contributed by atoms with Crippen LogP contribution in [0.4, 0.5) is 0 Å². The Kier molecular flexibility index (Phi) is 17.8. The van der Waals surface area contributed by atoms with E-state index in [9.17, 15) is 4.79 Å². The van der Waals surface area contributed by atoms with Crippen LogP contribution in [0.25, 0.3) is 0 Å². The molecule has 1 aromatic carbocycles. The van der Waals surface area contributed by atoms with Crippen LogP contribution in [-0.4, -0.2) is 24.2 Å². The molecule has 0 saturated heterocycles. The molecule has 0 saturated carbocycles. The van der Waals surface area contributed by atoms with Gasteiger partial charge in [0.1, 0.15) is 5.75 Å². The molecule has 0 aliphatic carbocycles. The zero-order chi connectivity index (χ0) is 23.3. The number of hydrogen-bond acceptors (Lipinski definition) is 3. The molecular formula is C27H46N2O2S. The zero-order valence-electron chi connectivity index (χ0n) is 20.6. The fourth-order valence-corrected chi connectivity index (χ4v) is 3.86. The Balaban J connectivity index is 1.94. The highest BCUT2D eigenvalue weighted by Gasteiger charge is 2.07. The van der Waals surface area contributed by atoms with E-state index in [0.717, 1.165) is 25.1 Å². The molecule has 0 aliphatic rings. The van der Waals surface area contributed by atoms with Crippen molar-refractivity contribution in [2.45, 2.75) is 110 Å². The van der Waals surface area contributed by atoms with Gasteiger partial charge in [-0.15, -0.1) is 0 Å². The van der Waals surface area contributed by atoms with Gasteiger partial charge >= 0.3 is 0 Å². The van der Waals surface area contributed by atoms with E-state index < -0.39 is 0 Å². The number of hydrogen-bond donors (Lipinski definition) is 2. The van der Waals surface area contributed by atoms with E-state index in [1.165, 1.54) is 83.5 Å². The van der Waals surface area contributed by atoms with Gasteiger partial charge in [0, 0.05) is 12.1 Å². The van der Waals surface area contributed by atoms with Crippen LogP contribution >= 0.6 is 12.2 Å². The summed E-state index contributed by atoms with van der Waals surface area (Å²) in [6, 6.07) is 7.15. The van der Waals surface area contributed by atoms with Crippen LogP contribution < -0.4 is 15.4 Å². The number of carbonyl (C=O) groups is 1. The molecule has 0 bridgehead atoms. The van der Waals surface area contributed by atoms with Crippen molar-refractivity contribution < 1.29 is 9.53 Å². The molecule has 0 heterocycles. The van der Waals surface area contributed by atoms with Gasteiger partial charge in [-0.2, -0.15) is 0 Å². The molecule has 1 rings (SSSR count). The lowest BCUT2D eigenvalue weighted by atomic mass is 10.0. The Hall–Kier alpha value is -1.62. The van der Waals surface area contributed by atoms with E-state index in [-0.39, 0.29) is 5.91 Å². The molecule has 0 atom stereocenters. The van der Waals surface area contributed by atoms with Crippen molar-refractivity contribution >= 4 is 23.2 Å². The van der Waals surface area contributed by atoms with E-state index in [1.54, 1.807) is 12.1 Å². The summed E-state index contributed by atoms with van der Waals surface area (Å²) in [6.07, 6.45) is 19.9. The van der Waals surface area contributed by atoms with Crippen LogP contribution in [0, 0.1) is 0 Å². The van der Waals surface area contributed by atoms with Gasteiger partial charge in [-0.3, -0.25) is 10.1 Å². The van der Waals surface area contributed by atoms with E-state index in [1.807, 2.05) is 12.1 Å². The first-order chi connectivity index (χ1) is 15.7. The maximum atomic E-state index is 12.3.